The predicted molar refractivity (Wildman–Crippen MR) is 61.5 cm³/mol. The Labute approximate surface area is 90.3 Å². The monoisotopic (exact) mass is 206 g/mol. The van der Waals surface area contributed by atoms with Gasteiger partial charge in [0.1, 0.15) is 6.33 Å². The lowest BCUT2D eigenvalue weighted by Crippen LogP contribution is -2.09. The van der Waals surface area contributed by atoms with Crippen molar-refractivity contribution in [3.05, 3.63) is 12.5 Å². The summed E-state index contributed by atoms with van der Waals surface area (Å²) in [5, 5.41) is 3.26. The molecule has 1 aliphatic carbocycles. The number of nitrogens with two attached hydrogens (primary N) is 1. The van der Waals surface area contributed by atoms with Crippen molar-refractivity contribution in [1.29, 1.82) is 0 Å². The molecule has 0 amide bonds. The van der Waals surface area contributed by atoms with Crippen LogP contribution in [0.2, 0.25) is 0 Å². The predicted octanol–water partition coefficient (Wildman–Crippen LogP) is 2.05. The summed E-state index contributed by atoms with van der Waals surface area (Å²) >= 11 is 0. The van der Waals surface area contributed by atoms with E-state index in [1.807, 2.05) is 0 Å². The van der Waals surface area contributed by atoms with Gasteiger partial charge in [-0.25, -0.2) is 9.97 Å². The molecule has 0 aromatic carbocycles. The third kappa shape index (κ3) is 2.81. The van der Waals surface area contributed by atoms with Crippen molar-refractivity contribution < 1.29 is 0 Å². The van der Waals surface area contributed by atoms with Gasteiger partial charge in [-0.3, -0.25) is 0 Å². The van der Waals surface area contributed by atoms with Crippen molar-refractivity contribution >= 4 is 11.5 Å². The van der Waals surface area contributed by atoms with Crippen molar-refractivity contribution in [2.75, 3.05) is 17.6 Å². The van der Waals surface area contributed by atoms with E-state index in [2.05, 4.69) is 15.3 Å². The minimum absolute atomic E-state index is 0.629. The van der Waals surface area contributed by atoms with E-state index in [4.69, 9.17) is 5.73 Å². The summed E-state index contributed by atoms with van der Waals surface area (Å²) in [6.07, 6.45) is 9.96. The van der Waals surface area contributed by atoms with Crippen molar-refractivity contribution in [1.82, 2.24) is 9.97 Å². The van der Waals surface area contributed by atoms with Crippen LogP contribution in [-0.4, -0.2) is 16.5 Å². The topological polar surface area (TPSA) is 63.8 Å². The highest BCUT2D eigenvalue weighted by Gasteiger charge is 2.14. The van der Waals surface area contributed by atoms with Gasteiger partial charge in [0.2, 0.25) is 0 Å². The van der Waals surface area contributed by atoms with E-state index in [0.717, 1.165) is 18.3 Å². The number of anilines is 2. The minimum atomic E-state index is 0.629. The number of nitrogen functional groups attached to an aromatic ring is 1. The van der Waals surface area contributed by atoms with Gasteiger partial charge in [-0.15, -0.1) is 0 Å². The van der Waals surface area contributed by atoms with Crippen molar-refractivity contribution in [3.63, 3.8) is 0 Å². The van der Waals surface area contributed by atoms with E-state index in [1.54, 1.807) is 6.20 Å². The molecule has 4 heteroatoms. The van der Waals surface area contributed by atoms with Crippen molar-refractivity contribution in [2.45, 2.75) is 32.1 Å². The zero-order chi connectivity index (χ0) is 10.5. The number of rotatable bonds is 4. The maximum Gasteiger partial charge on any atom is 0.152 e. The Morgan fingerprint density at radius 3 is 2.93 bits per heavy atom. The van der Waals surface area contributed by atoms with Gasteiger partial charge in [-0.1, -0.05) is 25.7 Å². The van der Waals surface area contributed by atoms with Crippen LogP contribution in [0, 0.1) is 5.92 Å². The first-order chi connectivity index (χ1) is 7.36. The molecule has 15 heavy (non-hydrogen) atoms. The molecule has 0 radical (unpaired) electrons. The van der Waals surface area contributed by atoms with Gasteiger partial charge >= 0.3 is 0 Å². The second kappa shape index (κ2) is 4.96. The Morgan fingerprint density at radius 2 is 2.20 bits per heavy atom. The summed E-state index contributed by atoms with van der Waals surface area (Å²) in [6.45, 7) is 0.964. The highest BCUT2D eigenvalue weighted by Crippen LogP contribution is 2.27. The number of aromatic nitrogens is 2. The number of nitrogens with zero attached hydrogens (tertiary/aromatic N) is 2. The molecule has 1 heterocycles. The van der Waals surface area contributed by atoms with Crippen LogP contribution in [0.25, 0.3) is 0 Å². The second-order valence-electron chi connectivity index (χ2n) is 4.19. The molecule has 1 saturated carbocycles. The van der Waals surface area contributed by atoms with E-state index in [0.29, 0.717) is 5.69 Å². The standard InChI is InChI=1S/C11H18N4/c12-10-7-13-8-15-11(10)14-6-5-9-3-1-2-4-9/h7-9H,1-6,12H2,(H,13,14,15). The van der Waals surface area contributed by atoms with Gasteiger partial charge in [0.05, 0.1) is 11.9 Å². The zero-order valence-electron chi connectivity index (χ0n) is 8.95. The summed E-state index contributed by atoms with van der Waals surface area (Å²) in [5.41, 5.74) is 6.36. The molecule has 0 saturated heterocycles. The van der Waals surface area contributed by atoms with Crippen LogP contribution in [0.4, 0.5) is 11.5 Å². The molecule has 1 aromatic rings. The van der Waals surface area contributed by atoms with Gasteiger partial charge in [-0.05, 0) is 12.3 Å². The van der Waals surface area contributed by atoms with Gasteiger partial charge in [0.25, 0.3) is 0 Å². The first-order valence-electron chi connectivity index (χ1n) is 5.65. The first kappa shape index (κ1) is 10.2. The highest BCUT2D eigenvalue weighted by molar-refractivity contribution is 5.58. The van der Waals surface area contributed by atoms with Crippen LogP contribution in [0.3, 0.4) is 0 Å². The average molecular weight is 206 g/mol. The number of hydrogen-bond donors (Lipinski definition) is 2. The van der Waals surface area contributed by atoms with Crippen molar-refractivity contribution in [2.24, 2.45) is 5.92 Å². The third-order valence-electron chi connectivity index (χ3n) is 3.06. The van der Waals surface area contributed by atoms with E-state index in [1.165, 1.54) is 38.4 Å². The normalized spacial score (nSPS) is 16.8. The fourth-order valence-corrected chi connectivity index (χ4v) is 2.18. The van der Waals surface area contributed by atoms with Crippen LogP contribution in [-0.2, 0) is 0 Å². The lowest BCUT2D eigenvalue weighted by molar-refractivity contribution is 0.518. The largest absolute Gasteiger partial charge is 0.394 e. The van der Waals surface area contributed by atoms with Gasteiger partial charge < -0.3 is 11.1 Å². The van der Waals surface area contributed by atoms with Gasteiger partial charge in [0, 0.05) is 6.54 Å². The van der Waals surface area contributed by atoms with E-state index in [-0.39, 0.29) is 0 Å². The molecule has 1 fully saturated rings. The molecule has 4 nitrogen and oxygen atoms in total. The molecule has 1 aliphatic rings. The molecule has 0 spiro atoms. The second-order valence-corrected chi connectivity index (χ2v) is 4.19. The summed E-state index contributed by atoms with van der Waals surface area (Å²) < 4.78 is 0. The molecule has 82 valence electrons. The van der Waals surface area contributed by atoms with Crippen LogP contribution >= 0.6 is 0 Å². The number of nitrogens with one attached hydrogen (secondary N) is 1. The van der Waals surface area contributed by atoms with Crippen molar-refractivity contribution in [3.8, 4) is 0 Å². The Balaban J connectivity index is 1.75. The molecule has 0 atom stereocenters. The lowest BCUT2D eigenvalue weighted by Gasteiger charge is -2.10. The van der Waals surface area contributed by atoms with Crippen LogP contribution in [0.5, 0.6) is 0 Å². The van der Waals surface area contributed by atoms with E-state index in [9.17, 15) is 0 Å². The molecule has 3 N–H and O–H groups in total. The molecule has 0 aliphatic heterocycles. The van der Waals surface area contributed by atoms with E-state index < -0.39 is 0 Å². The van der Waals surface area contributed by atoms with Crippen LogP contribution in [0.15, 0.2) is 12.5 Å². The van der Waals surface area contributed by atoms with Gasteiger partial charge in [0.15, 0.2) is 5.82 Å². The molecule has 2 rings (SSSR count). The SMILES string of the molecule is Nc1cncnc1NCCC1CCCC1. The maximum absolute atomic E-state index is 5.73. The smallest absolute Gasteiger partial charge is 0.152 e. The fraction of sp³-hybridized carbons (Fsp3) is 0.636. The molecular weight excluding hydrogens is 188 g/mol. The summed E-state index contributed by atoms with van der Waals surface area (Å²) in [4.78, 5) is 7.95. The van der Waals surface area contributed by atoms with Crippen LogP contribution in [0.1, 0.15) is 32.1 Å². The Hall–Kier alpha value is -1.32. The summed E-state index contributed by atoms with van der Waals surface area (Å²) in [5.74, 6) is 1.67. The molecule has 0 unspecified atom stereocenters. The molecular formula is C11H18N4. The zero-order valence-corrected chi connectivity index (χ0v) is 8.95. The fourth-order valence-electron chi connectivity index (χ4n) is 2.18. The Bertz CT molecular complexity index is 307. The summed E-state index contributed by atoms with van der Waals surface area (Å²) in [6, 6.07) is 0. The Kier molecular flexibility index (Phi) is 3.37. The average Bonchev–Trinajstić information content (AvgIpc) is 2.74. The van der Waals surface area contributed by atoms with Gasteiger partial charge in [-0.2, -0.15) is 0 Å². The Morgan fingerprint density at radius 1 is 1.40 bits per heavy atom. The minimum Gasteiger partial charge on any atom is -0.394 e. The molecule has 0 bridgehead atoms. The third-order valence-corrected chi connectivity index (χ3v) is 3.06. The van der Waals surface area contributed by atoms with E-state index >= 15 is 0 Å². The molecule has 1 aromatic heterocycles. The number of hydrogen-bond acceptors (Lipinski definition) is 4. The highest BCUT2D eigenvalue weighted by atomic mass is 15.0. The quantitative estimate of drug-likeness (QED) is 0.791. The summed E-state index contributed by atoms with van der Waals surface area (Å²) in [7, 11) is 0. The lowest BCUT2D eigenvalue weighted by atomic mass is 10.0. The first-order valence-corrected chi connectivity index (χ1v) is 5.65. The van der Waals surface area contributed by atoms with Crippen LogP contribution < -0.4 is 11.1 Å². The maximum atomic E-state index is 5.73.